The number of benzene rings is 1. The van der Waals surface area contributed by atoms with Crippen molar-refractivity contribution >= 4 is 11.6 Å². The highest BCUT2D eigenvalue weighted by atomic mass is 16.7. The number of hydrogen-bond donors (Lipinski definition) is 0. The van der Waals surface area contributed by atoms with E-state index in [-0.39, 0.29) is 18.8 Å². The molecule has 0 radical (unpaired) electrons. The highest BCUT2D eigenvalue weighted by molar-refractivity contribution is 6.03. The zero-order valence-electron chi connectivity index (χ0n) is 8.55. The van der Waals surface area contributed by atoms with E-state index in [0.717, 1.165) is 5.69 Å². The Balaban J connectivity index is 1.92. The van der Waals surface area contributed by atoms with E-state index in [2.05, 4.69) is 0 Å². The lowest BCUT2D eigenvalue weighted by molar-refractivity contribution is -0.147. The standard InChI is InChI=1S/C11H13NO3/c1-14-8-15-10-7-12(11(10)13)9-5-3-2-4-6-9/h2-6,10H,7-8H2,1H3. The summed E-state index contributed by atoms with van der Waals surface area (Å²) in [6.07, 6.45) is -0.342. The van der Waals surface area contributed by atoms with Crippen molar-refractivity contribution < 1.29 is 14.3 Å². The molecule has 0 bridgehead atoms. The van der Waals surface area contributed by atoms with Gasteiger partial charge in [0.25, 0.3) is 5.91 Å². The zero-order chi connectivity index (χ0) is 10.7. The van der Waals surface area contributed by atoms with Gasteiger partial charge in [0.05, 0.1) is 6.54 Å². The van der Waals surface area contributed by atoms with Crippen molar-refractivity contribution in [1.82, 2.24) is 0 Å². The van der Waals surface area contributed by atoms with Crippen LogP contribution in [-0.2, 0) is 14.3 Å². The van der Waals surface area contributed by atoms with Gasteiger partial charge < -0.3 is 14.4 Å². The largest absolute Gasteiger partial charge is 0.359 e. The predicted octanol–water partition coefficient (Wildman–Crippen LogP) is 1.02. The van der Waals surface area contributed by atoms with Crippen LogP contribution in [0.5, 0.6) is 0 Å². The third kappa shape index (κ3) is 2.00. The molecule has 0 aromatic heterocycles. The Hall–Kier alpha value is -1.39. The summed E-state index contributed by atoms with van der Waals surface area (Å²) in [7, 11) is 1.54. The molecule has 1 unspecified atom stereocenters. The summed E-state index contributed by atoms with van der Waals surface area (Å²) in [6, 6.07) is 9.56. The molecule has 0 N–H and O–H groups in total. The third-order valence-corrected chi connectivity index (χ3v) is 2.34. The number of methoxy groups -OCH3 is 1. The number of nitrogens with zero attached hydrogens (tertiary/aromatic N) is 1. The molecule has 15 heavy (non-hydrogen) atoms. The lowest BCUT2D eigenvalue weighted by atomic mass is 10.1. The molecule has 0 aliphatic carbocycles. The number of β-lactam (4-membered cyclic amide) rings is 1. The Morgan fingerprint density at radius 3 is 2.73 bits per heavy atom. The minimum absolute atomic E-state index is 0.00162. The SMILES string of the molecule is COCOC1CN(c2ccccc2)C1=O. The van der Waals surface area contributed by atoms with Crippen LogP contribution in [0.25, 0.3) is 0 Å². The zero-order valence-corrected chi connectivity index (χ0v) is 8.55. The lowest BCUT2D eigenvalue weighted by Crippen LogP contribution is -2.58. The van der Waals surface area contributed by atoms with Crippen LogP contribution in [0.15, 0.2) is 30.3 Å². The second-order valence-electron chi connectivity index (χ2n) is 3.35. The molecule has 0 spiro atoms. The minimum atomic E-state index is -0.342. The lowest BCUT2D eigenvalue weighted by Gasteiger charge is -2.37. The van der Waals surface area contributed by atoms with Crippen LogP contribution in [0.4, 0.5) is 5.69 Å². The van der Waals surface area contributed by atoms with Crippen LogP contribution < -0.4 is 4.90 Å². The van der Waals surface area contributed by atoms with E-state index in [9.17, 15) is 4.79 Å². The molecular formula is C11H13NO3. The highest BCUT2D eigenvalue weighted by Gasteiger charge is 2.38. The molecular weight excluding hydrogens is 194 g/mol. The maximum atomic E-state index is 11.6. The average molecular weight is 207 g/mol. The first kappa shape index (κ1) is 10.1. The fraction of sp³-hybridized carbons (Fsp3) is 0.364. The van der Waals surface area contributed by atoms with Gasteiger partial charge >= 0.3 is 0 Å². The van der Waals surface area contributed by atoms with Gasteiger partial charge in [-0.05, 0) is 12.1 Å². The molecule has 80 valence electrons. The summed E-state index contributed by atoms with van der Waals surface area (Å²) in [5.74, 6) is -0.00162. The summed E-state index contributed by atoms with van der Waals surface area (Å²) in [5.41, 5.74) is 0.916. The molecule has 2 rings (SSSR count). The highest BCUT2D eigenvalue weighted by Crippen LogP contribution is 2.23. The monoisotopic (exact) mass is 207 g/mol. The molecule has 1 atom stereocenters. The second kappa shape index (κ2) is 4.42. The Bertz CT molecular complexity index is 339. The van der Waals surface area contributed by atoms with E-state index in [0.29, 0.717) is 6.54 Å². The van der Waals surface area contributed by atoms with Gasteiger partial charge in [-0.15, -0.1) is 0 Å². The first-order valence-electron chi connectivity index (χ1n) is 4.80. The molecule has 4 nitrogen and oxygen atoms in total. The predicted molar refractivity (Wildman–Crippen MR) is 55.5 cm³/mol. The smallest absolute Gasteiger partial charge is 0.258 e. The van der Waals surface area contributed by atoms with Crippen LogP contribution >= 0.6 is 0 Å². The fourth-order valence-electron chi connectivity index (χ4n) is 1.51. The number of rotatable bonds is 4. The molecule has 1 amide bonds. The Labute approximate surface area is 88.4 Å². The van der Waals surface area contributed by atoms with Crippen LogP contribution in [0, 0.1) is 0 Å². The van der Waals surface area contributed by atoms with Crippen molar-refractivity contribution in [3.8, 4) is 0 Å². The van der Waals surface area contributed by atoms with Crippen LogP contribution in [0.2, 0.25) is 0 Å². The number of ether oxygens (including phenoxy) is 2. The minimum Gasteiger partial charge on any atom is -0.359 e. The molecule has 1 aromatic rings. The molecule has 1 aliphatic heterocycles. The van der Waals surface area contributed by atoms with E-state index in [1.54, 1.807) is 4.90 Å². The third-order valence-electron chi connectivity index (χ3n) is 2.34. The number of amides is 1. The molecule has 1 fully saturated rings. The van der Waals surface area contributed by atoms with Crippen molar-refractivity contribution in [2.24, 2.45) is 0 Å². The van der Waals surface area contributed by atoms with Gasteiger partial charge in [-0.25, -0.2) is 0 Å². The number of carbonyl (C=O) groups excluding carboxylic acids is 1. The maximum absolute atomic E-state index is 11.6. The van der Waals surface area contributed by atoms with E-state index < -0.39 is 0 Å². The Morgan fingerprint density at radius 1 is 1.40 bits per heavy atom. The quantitative estimate of drug-likeness (QED) is 0.546. The molecule has 1 aromatic carbocycles. The number of anilines is 1. The van der Waals surface area contributed by atoms with Crippen LogP contribution in [-0.4, -0.2) is 32.5 Å². The van der Waals surface area contributed by atoms with Crippen molar-refractivity contribution in [1.29, 1.82) is 0 Å². The average Bonchev–Trinajstić information content (AvgIpc) is 2.29. The van der Waals surface area contributed by atoms with E-state index in [1.165, 1.54) is 7.11 Å². The molecule has 0 saturated carbocycles. The van der Waals surface area contributed by atoms with Gasteiger partial charge in [-0.2, -0.15) is 0 Å². The van der Waals surface area contributed by atoms with Crippen molar-refractivity contribution in [2.45, 2.75) is 6.10 Å². The maximum Gasteiger partial charge on any atom is 0.258 e. The summed E-state index contributed by atoms with van der Waals surface area (Å²) in [5, 5.41) is 0. The molecule has 1 heterocycles. The summed E-state index contributed by atoms with van der Waals surface area (Å²) < 4.78 is 9.92. The van der Waals surface area contributed by atoms with Gasteiger partial charge in [0, 0.05) is 12.8 Å². The van der Waals surface area contributed by atoms with E-state index in [1.807, 2.05) is 30.3 Å². The van der Waals surface area contributed by atoms with E-state index in [4.69, 9.17) is 9.47 Å². The van der Waals surface area contributed by atoms with Crippen LogP contribution in [0.3, 0.4) is 0 Å². The van der Waals surface area contributed by atoms with Crippen LogP contribution in [0.1, 0.15) is 0 Å². The fourth-order valence-corrected chi connectivity index (χ4v) is 1.51. The van der Waals surface area contributed by atoms with Crippen molar-refractivity contribution in [2.75, 3.05) is 25.3 Å². The Morgan fingerprint density at radius 2 is 2.13 bits per heavy atom. The topological polar surface area (TPSA) is 38.8 Å². The number of para-hydroxylation sites is 1. The van der Waals surface area contributed by atoms with Gasteiger partial charge in [0.2, 0.25) is 0 Å². The van der Waals surface area contributed by atoms with E-state index >= 15 is 0 Å². The van der Waals surface area contributed by atoms with Gasteiger partial charge in [0.15, 0.2) is 6.10 Å². The first-order chi connectivity index (χ1) is 7.33. The summed E-state index contributed by atoms with van der Waals surface area (Å²) in [6.45, 7) is 0.769. The van der Waals surface area contributed by atoms with Gasteiger partial charge in [0.1, 0.15) is 6.79 Å². The van der Waals surface area contributed by atoms with Crippen molar-refractivity contribution in [3.05, 3.63) is 30.3 Å². The van der Waals surface area contributed by atoms with Gasteiger partial charge in [-0.1, -0.05) is 18.2 Å². The number of carbonyl (C=O) groups is 1. The molecule has 1 aliphatic rings. The van der Waals surface area contributed by atoms with Gasteiger partial charge in [-0.3, -0.25) is 4.79 Å². The Kier molecular flexibility index (Phi) is 2.99. The molecule has 4 heteroatoms. The summed E-state index contributed by atoms with van der Waals surface area (Å²) in [4.78, 5) is 13.3. The second-order valence-corrected chi connectivity index (χ2v) is 3.35. The molecule has 1 saturated heterocycles. The summed E-state index contributed by atoms with van der Waals surface area (Å²) >= 11 is 0. The van der Waals surface area contributed by atoms with Crippen molar-refractivity contribution in [3.63, 3.8) is 0 Å². The number of hydrogen-bond acceptors (Lipinski definition) is 3. The first-order valence-corrected chi connectivity index (χ1v) is 4.80. The normalized spacial score (nSPS) is 20.2.